The number of carbonyl (C=O) groups excluding carboxylic acids is 1. The van der Waals surface area contributed by atoms with E-state index in [0.29, 0.717) is 12.2 Å². The average molecular weight is 357 g/mol. The number of carbonyl (C=O) groups is 1. The van der Waals surface area contributed by atoms with E-state index in [1.165, 1.54) is 5.56 Å². The lowest BCUT2D eigenvalue weighted by Gasteiger charge is -2.14. The Morgan fingerprint density at radius 1 is 1.32 bits per heavy atom. The quantitative estimate of drug-likeness (QED) is 0.696. The number of aryl methyl sites for hydroxylation is 1. The molecule has 0 aliphatic carbocycles. The molecule has 1 atom stereocenters. The molecular formula is C19H21ClN4O. The number of nitrogens with one attached hydrogen (secondary N) is 1. The first-order valence-corrected chi connectivity index (χ1v) is 8.87. The second-order valence-electron chi connectivity index (χ2n) is 6.00. The lowest BCUT2D eigenvalue weighted by Crippen LogP contribution is -2.28. The Balaban J connectivity index is 1.54. The summed E-state index contributed by atoms with van der Waals surface area (Å²) in [6.07, 6.45) is 8.47. The Bertz CT molecular complexity index is 811. The van der Waals surface area contributed by atoms with E-state index >= 15 is 0 Å². The van der Waals surface area contributed by atoms with Crippen molar-refractivity contribution in [3.63, 3.8) is 0 Å². The fourth-order valence-electron chi connectivity index (χ4n) is 2.77. The van der Waals surface area contributed by atoms with Gasteiger partial charge >= 0.3 is 0 Å². The Labute approximate surface area is 152 Å². The third-order valence-corrected chi connectivity index (χ3v) is 4.39. The second kappa shape index (κ2) is 8.12. The smallest absolute Gasteiger partial charge is 0.233 e. The first-order chi connectivity index (χ1) is 12.2. The minimum Gasteiger partial charge on any atom is -0.348 e. The summed E-state index contributed by atoms with van der Waals surface area (Å²) in [5.41, 5.74) is 2.03. The Hall–Kier alpha value is -2.40. The van der Waals surface area contributed by atoms with E-state index in [2.05, 4.69) is 15.3 Å². The van der Waals surface area contributed by atoms with Gasteiger partial charge in [0, 0.05) is 30.0 Å². The molecule has 0 saturated carbocycles. The van der Waals surface area contributed by atoms with E-state index in [0.717, 1.165) is 30.0 Å². The van der Waals surface area contributed by atoms with E-state index in [1.54, 1.807) is 6.20 Å². The van der Waals surface area contributed by atoms with E-state index in [9.17, 15) is 4.79 Å². The molecule has 0 bridgehead atoms. The van der Waals surface area contributed by atoms with Crippen LogP contribution in [0.3, 0.4) is 0 Å². The number of halogens is 1. The summed E-state index contributed by atoms with van der Waals surface area (Å²) >= 11 is 5.88. The first kappa shape index (κ1) is 17.4. The monoisotopic (exact) mass is 356 g/mol. The lowest BCUT2D eigenvalue weighted by atomic mass is 10.1. The van der Waals surface area contributed by atoms with Gasteiger partial charge in [-0.25, -0.2) is 9.97 Å². The van der Waals surface area contributed by atoms with Crippen LogP contribution in [0.15, 0.2) is 48.9 Å². The summed E-state index contributed by atoms with van der Waals surface area (Å²) in [5.74, 6) is 0.693. The minimum atomic E-state index is -0.0928. The molecule has 0 spiro atoms. The average Bonchev–Trinajstić information content (AvgIpc) is 3.05. The van der Waals surface area contributed by atoms with E-state index in [1.807, 2.05) is 54.0 Å². The molecule has 3 rings (SSSR count). The van der Waals surface area contributed by atoms with Gasteiger partial charge in [0.05, 0.1) is 11.7 Å². The molecule has 0 aliphatic heterocycles. The SMILES string of the molecule is CC[C@@H](NC(=O)CCCc1ccc(Cl)cc1)c1cn2cccnc2n1. The van der Waals surface area contributed by atoms with Gasteiger partial charge in [-0.05, 0) is 43.0 Å². The van der Waals surface area contributed by atoms with Crippen molar-refractivity contribution >= 4 is 23.3 Å². The van der Waals surface area contributed by atoms with E-state index in [4.69, 9.17) is 11.6 Å². The molecule has 6 heteroatoms. The number of imidazole rings is 1. The minimum absolute atomic E-state index is 0.0471. The van der Waals surface area contributed by atoms with Crippen LogP contribution < -0.4 is 5.32 Å². The zero-order chi connectivity index (χ0) is 17.6. The van der Waals surface area contributed by atoms with Gasteiger partial charge in [0.1, 0.15) is 0 Å². The highest BCUT2D eigenvalue weighted by molar-refractivity contribution is 6.30. The van der Waals surface area contributed by atoms with Gasteiger partial charge in [-0.1, -0.05) is 30.7 Å². The zero-order valence-electron chi connectivity index (χ0n) is 14.2. The van der Waals surface area contributed by atoms with Crippen molar-refractivity contribution in [1.29, 1.82) is 0 Å². The van der Waals surface area contributed by atoms with Gasteiger partial charge in [0.2, 0.25) is 11.7 Å². The van der Waals surface area contributed by atoms with Crippen LogP contribution in [0.1, 0.15) is 43.5 Å². The van der Waals surface area contributed by atoms with E-state index in [-0.39, 0.29) is 11.9 Å². The fraction of sp³-hybridized carbons (Fsp3) is 0.316. The highest BCUT2D eigenvalue weighted by atomic mass is 35.5. The van der Waals surface area contributed by atoms with Gasteiger partial charge in [0.25, 0.3) is 0 Å². The van der Waals surface area contributed by atoms with Crippen LogP contribution in [0.5, 0.6) is 0 Å². The fourth-order valence-corrected chi connectivity index (χ4v) is 2.90. The van der Waals surface area contributed by atoms with Crippen LogP contribution in [0.4, 0.5) is 0 Å². The van der Waals surface area contributed by atoms with Gasteiger partial charge in [-0.3, -0.25) is 9.20 Å². The van der Waals surface area contributed by atoms with Crippen LogP contribution in [0.2, 0.25) is 5.02 Å². The summed E-state index contributed by atoms with van der Waals surface area (Å²) in [6.45, 7) is 2.04. The Morgan fingerprint density at radius 2 is 2.12 bits per heavy atom. The molecule has 5 nitrogen and oxygen atoms in total. The van der Waals surface area contributed by atoms with Crippen LogP contribution in [0, 0.1) is 0 Å². The summed E-state index contributed by atoms with van der Waals surface area (Å²) in [6, 6.07) is 9.51. The summed E-state index contributed by atoms with van der Waals surface area (Å²) in [5, 5.41) is 3.81. The molecule has 1 amide bonds. The molecule has 0 saturated heterocycles. The molecule has 25 heavy (non-hydrogen) atoms. The normalized spacial score (nSPS) is 12.2. The van der Waals surface area contributed by atoms with Crippen molar-refractivity contribution in [3.8, 4) is 0 Å². The Kier molecular flexibility index (Phi) is 5.66. The predicted octanol–water partition coefficient (Wildman–Crippen LogP) is 3.97. The number of benzene rings is 1. The third kappa shape index (κ3) is 4.57. The molecule has 0 unspecified atom stereocenters. The van der Waals surface area contributed by atoms with Crippen molar-refractivity contribution < 1.29 is 4.79 Å². The van der Waals surface area contributed by atoms with Crippen LogP contribution in [0.25, 0.3) is 5.78 Å². The highest BCUT2D eigenvalue weighted by Crippen LogP contribution is 2.17. The maximum Gasteiger partial charge on any atom is 0.233 e. The molecule has 0 aliphatic rings. The highest BCUT2D eigenvalue weighted by Gasteiger charge is 2.16. The van der Waals surface area contributed by atoms with Gasteiger partial charge in [-0.15, -0.1) is 0 Å². The number of fused-ring (bicyclic) bond motifs is 1. The molecule has 0 radical (unpaired) electrons. The van der Waals surface area contributed by atoms with Crippen LogP contribution >= 0.6 is 11.6 Å². The number of hydrogen-bond acceptors (Lipinski definition) is 3. The molecule has 1 N–H and O–H groups in total. The maximum atomic E-state index is 12.3. The lowest BCUT2D eigenvalue weighted by molar-refractivity contribution is -0.122. The van der Waals surface area contributed by atoms with Crippen molar-refractivity contribution in [1.82, 2.24) is 19.7 Å². The van der Waals surface area contributed by atoms with Gasteiger partial charge in [0.15, 0.2) is 0 Å². The van der Waals surface area contributed by atoms with Crippen molar-refractivity contribution in [2.24, 2.45) is 0 Å². The molecule has 130 valence electrons. The molecule has 1 aromatic carbocycles. The van der Waals surface area contributed by atoms with Crippen molar-refractivity contribution in [3.05, 3.63) is 65.2 Å². The van der Waals surface area contributed by atoms with Gasteiger partial charge < -0.3 is 5.32 Å². The zero-order valence-corrected chi connectivity index (χ0v) is 14.9. The Morgan fingerprint density at radius 3 is 2.84 bits per heavy atom. The van der Waals surface area contributed by atoms with Crippen LogP contribution in [-0.2, 0) is 11.2 Å². The number of aromatic nitrogens is 3. The van der Waals surface area contributed by atoms with Gasteiger partial charge in [-0.2, -0.15) is 0 Å². The van der Waals surface area contributed by atoms with Crippen molar-refractivity contribution in [2.75, 3.05) is 0 Å². The number of nitrogens with zero attached hydrogens (tertiary/aromatic N) is 3. The second-order valence-corrected chi connectivity index (χ2v) is 6.44. The number of hydrogen-bond donors (Lipinski definition) is 1. The standard InChI is InChI=1S/C19H21ClN4O/c1-2-16(17-13-24-12-4-11-21-19(24)23-17)22-18(25)6-3-5-14-7-9-15(20)10-8-14/h4,7-13,16H,2-3,5-6H2,1H3,(H,22,25)/t16-/m1/s1. The van der Waals surface area contributed by atoms with Crippen LogP contribution in [-0.4, -0.2) is 20.3 Å². The number of rotatable bonds is 7. The maximum absolute atomic E-state index is 12.3. The predicted molar refractivity (Wildman–Crippen MR) is 98.6 cm³/mol. The topological polar surface area (TPSA) is 59.3 Å². The largest absolute Gasteiger partial charge is 0.348 e. The molecule has 2 heterocycles. The first-order valence-electron chi connectivity index (χ1n) is 8.49. The molecule has 0 fully saturated rings. The van der Waals surface area contributed by atoms with Crippen molar-refractivity contribution in [2.45, 2.75) is 38.6 Å². The molecule has 2 aromatic heterocycles. The van der Waals surface area contributed by atoms with E-state index < -0.39 is 0 Å². The molecular weight excluding hydrogens is 336 g/mol. The summed E-state index contributed by atoms with van der Waals surface area (Å²) in [4.78, 5) is 21.0. The summed E-state index contributed by atoms with van der Waals surface area (Å²) in [7, 11) is 0. The third-order valence-electron chi connectivity index (χ3n) is 4.14. The number of amides is 1. The molecule has 3 aromatic rings. The summed E-state index contributed by atoms with van der Waals surface area (Å²) < 4.78 is 1.87.